The number of sulfone groups is 1. The predicted molar refractivity (Wildman–Crippen MR) is 136 cm³/mol. The average molecular weight is 517 g/mol. The molecule has 0 aliphatic carbocycles. The Morgan fingerprint density at radius 2 is 1.30 bits per heavy atom. The van der Waals surface area contributed by atoms with E-state index in [9.17, 15) is 27.9 Å². The van der Waals surface area contributed by atoms with E-state index in [-0.39, 0.29) is 26.6 Å². The number of benzene rings is 4. The zero-order chi connectivity index (χ0) is 26.4. The van der Waals surface area contributed by atoms with E-state index in [4.69, 9.17) is 4.74 Å². The Bertz CT molecular complexity index is 1570. The van der Waals surface area contributed by atoms with Crippen LogP contribution in [0.4, 0.5) is 16.2 Å². The van der Waals surface area contributed by atoms with Crippen LogP contribution in [-0.2, 0) is 9.84 Å². The monoisotopic (exact) mass is 516 g/mol. The number of amides is 2. The maximum Gasteiger partial charge on any atom is 0.417 e. The maximum absolute atomic E-state index is 13.2. The van der Waals surface area contributed by atoms with E-state index < -0.39 is 27.8 Å². The summed E-state index contributed by atoms with van der Waals surface area (Å²) in [5.74, 6) is -1.59. The van der Waals surface area contributed by atoms with Gasteiger partial charge in [-0.1, -0.05) is 36.4 Å². The van der Waals surface area contributed by atoms with Crippen molar-refractivity contribution in [2.45, 2.75) is 9.79 Å². The van der Waals surface area contributed by atoms with Crippen LogP contribution >= 0.6 is 0 Å². The number of hydrogen-bond acceptors (Lipinski definition) is 6. The van der Waals surface area contributed by atoms with Crippen LogP contribution in [0.5, 0.6) is 5.75 Å². The van der Waals surface area contributed by atoms with Crippen molar-refractivity contribution in [3.05, 3.63) is 114 Å². The number of carbonyl (C=O) groups excluding carboxylic acids is 2. The first kappa shape index (κ1) is 25.1. The lowest BCUT2D eigenvalue weighted by Crippen LogP contribution is -2.17. The standard InChI is InChI=1S/C27H20N2O7S/c30-25(23-11-4-5-12-24(23)26(31)32)28-19-7-6-10-22(17-19)37(34,35)21-15-13-18(14-16-21)29-27(33)36-20-8-2-1-3-9-20/h1-17H,(H,28,30)(H,29,33)(H,31,32). The van der Waals surface area contributed by atoms with Gasteiger partial charge in [-0.15, -0.1) is 0 Å². The maximum atomic E-state index is 13.2. The summed E-state index contributed by atoms with van der Waals surface area (Å²) in [5.41, 5.74) is 0.272. The first-order valence-electron chi connectivity index (χ1n) is 10.9. The number of carboxylic acid groups (broad SMARTS) is 1. The highest BCUT2D eigenvalue weighted by molar-refractivity contribution is 7.91. The third kappa shape index (κ3) is 6.00. The van der Waals surface area contributed by atoms with Crippen LogP contribution in [0.25, 0.3) is 0 Å². The van der Waals surface area contributed by atoms with Crippen LogP contribution in [0, 0.1) is 0 Å². The average Bonchev–Trinajstić information content (AvgIpc) is 2.89. The van der Waals surface area contributed by atoms with Crippen molar-refractivity contribution in [3.8, 4) is 5.75 Å². The molecule has 37 heavy (non-hydrogen) atoms. The molecule has 3 N–H and O–H groups in total. The quantitative estimate of drug-likeness (QED) is 0.311. The third-order valence-corrected chi connectivity index (χ3v) is 6.94. The van der Waals surface area contributed by atoms with Gasteiger partial charge in [-0.25, -0.2) is 18.0 Å². The molecule has 0 aliphatic heterocycles. The summed E-state index contributed by atoms with van der Waals surface area (Å²) < 4.78 is 31.5. The highest BCUT2D eigenvalue weighted by atomic mass is 32.2. The lowest BCUT2D eigenvalue weighted by atomic mass is 10.1. The van der Waals surface area contributed by atoms with E-state index in [0.29, 0.717) is 11.4 Å². The Morgan fingerprint density at radius 1 is 0.649 bits per heavy atom. The molecule has 0 saturated heterocycles. The lowest BCUT2D eigenvalue weighted by Gasteiger charge is -2.11. The Balaban J connectivity index is 1.48. The highest BCUT2D eigenvalue weighted by Crippen LogP contribution is 2.25. The van der Waals surface area contributed by atoms with Crippen molar-refractivity contribution < 1.29 is 32.6 Å². The van der Waals surface area contributed by atoms with Gasteiger partial charge >= 0.3 is 12.1 Å². The first-order chi connectivity index (χ1) is 17.7. The van der Waals surface area contributed by atoms with Crippen LogP contribution in [0.3, 0.4) is 0 Å². The minimum Gasteiger partial charge on any atom is -0.478 e. The number of rotatable bonds is 7. The summed E-state index contributed by atoms with van der Waals surface area (Å²) >= 11 is 0. The van der Waals surface area contributed by atoms with Gasteiger partial charge in [-0.2, -0.15) is 0 Å². The van der Waals surface area contributed by atoms with Gasteiger partial charge in [0.25, 0.3) is 5.91 Å². The summed E-state index contributed by atoms with van der Waals surface area (Å²) in [7, 11) is -3.97. The number of carboxylic acids is 1. The van der Waals surface area contributed by atoms with E-state index in [1.165, 1.54) is 72.8 Å². The van der Waals surface area contributed by atoms with Crippen molar-refractivity contribution in [1.29, 1.82) is 0 Å². The van der Waals surface area contributed by atoms with Crippen molar-refractivity contribution in [3.63, 3.8) is 0 Å². The fourth-order valence-corrected chi connectivity index (χ4v) is 4.71. The van der Waals surface area contributed by atoms with Crippen LogP contribution in [0.1, 0.15) is 20.7 Å². The van der Waals surface area contributed by atoms with Crippen LogP contribution in [0.15, 0.2) is 113 Å². The van der Waals surface area contributed by atoms with E-state index in [0.717, 1.165) is 0 Å². The van der Waals surface area contributed by atoms with E-state index in [1.807, 2.05) is 0 Å². The molecule has 0 spiro atoms. The molecule has 0 fully saturated rings. The SMILES string of the molecule is O=C(Nc1ccc(S(=O)(=O)c2cccc(NC(=O)c3ccccc3C(=O)O)c2)cc1)Oc1ccccc1. The topological polar surface area (TPSA) is 139 Å². The summed E-state index contributed by atoms with van der Waals surface area (Å²) in [6.07, 6.45) is -0.727. The summed E-state index contributed by atoms with van der Waals surface area (Å²) in [6, 6.07) is 25.3. The van der Waals surface area contributed by atoms with Gasteiger partial charge in [0.2, 0.25) is 9.84 Å². The van der Waals surface area contributed by atoms with Gasteiger partial charge < -0.3 is 15.2 Å². The van der Waals surface area contributed by atoms with Crippen molar-refractivity contribution in [2.75, 3.05) is 10.6 Å². The summed E-state index contributed by atoms with van der Waals surface area (Å²) in [4.78, 5) is 36.0. The van der Waals surface area contributed by atoms with E-state index in [1.54, 1.807) is 30.3 Å². The smallest absolute Gasteiger partial charge is 0.417 e. The number of nitrogens with one attached hydrogen (secondary N) is 2. The zero-order valence-electron chi connectivity index (χ0n) is 19.1. The molecule has 186 valence electrons. The Morgan fingerprint density at radius 3 is 1.97 bits per heavy atom. The Hall–Kier alpha value is -4.96. The number of ether oxygens (including phenoxy) is 1. The molecule has 0 aromatic heterocycles. The molecule has 10 heteroatoms. The molecule has 0 radical (unpaired) electrons. The van der Waals surface area contributed by atoms with E-state index >= 15 is 0 Å². The van der Waals surface area contributed by atoms with Gasteiger partial charge in [-0.3, -0.25) is 10.1 Å². The normalized spacial score (nSPS) is 10.8. The second-order valence-electron chi connectivity index (χ2n) is 7.69. The molecular formula is C27H20N2O7S. The predicted octanol–water partition coefficient (Wildman–Crippen LogP) is 5.08. The molecule has 2 amide bonds. The third-order valence-electron chi connectivity index (χ3n) is 5.17. The first-order valence-corrected chi connectivity index (χ1v) is 12.3. The fourth-order valence-electron chi connectivity index (χ4n) is 3.40. The van der Waals surface area contributed by atoms with E-state index in [2.05, 4.69) is 10.6 Å². The van der Waals surface area contributed by atoms with Crippen molar-refractivity contribution in [2.24, 2.45) is 0 Å². The molecule has 0 unspecified atom stereocenters. The van der Waals surface area contributed by atoms with Gasteiger partial charge in [0.15, 0.2) is 0 Å². The number of hydrogen-bond donors (Lipinski definition) is 3. The number of para-hydroxylation sites is 1. The minimum atomic E-state index is -3.97. The number of carbonyl (C=O) groups is 3. The molecule has 0 heterocycles. The minimum absolute atomic E-state index is 0.0332. The summed E-state index contributed by atoms with van der Waals surface area (Å²) in [5, 5.41) is 14.4. The second-order valence-corrected chi connectivity index (χ2v) is 9.64. The Labute approximate surface area is 212 Å². The molecule has 4 aromatic carbocycles. The highest BCUT2D eigenvalue weighted by Gasteiger charge is 2.20. The second kappa shape index (κ2) is 10.8. The molecule has 0 aliphatic rings. The van der Waals surface area contributed by atoms with Crippen LogP contribution in [0.2, 0.25) is 0 Å². The Kier molecular flexibility index (Phi) is 7.31. The van der Waals surface area contributed by atoms with Gasteiger partial charge in [0.1, 0.15) is 5.75 Å². The van der Waals surface area contributed by atoms with Crippen LogP contribution in [-0.4, -0.2) is 31.5 Å². The lowest BCUT2D eigenvalue weighted by molar-refractivity contribution is 0.0692. The molecular weight excluding hydrogens is 496 g/mol. The van der Waals surface area contributed by atoms with Crippen molar-refractivity contribution >= 4 is 39.2 Å². The molecule has 0 saturated carbocycles. The zero-order valence-corrected chi connectivity index (χ0v) is 19.9. The van der Waals surface area contributed by atoms with Gasteiger partial charge in [-0.05, 0) is 66.7 Å². The largest absolute Gasteiger partial charge is 0.478 e. The molecule has 4 aromatic rings. The number of aromatic carboxylic acids is 1. The number of anilines is 2. The van der Waals surface area contributed by atoms with Gasteiger partial charge in [0.05, 0.1) is 20.9 Å². The summed E-state index contributed by atoms with van der Waals surface area (Å²) in [6.45, 7) is 0. The fraction of sp³-hybridized carbons (Fsp3) is 0. The van der Waals surface area contributed by atoms with Crippen LogP contribution < -0.4 is 15.4 Å². The van der Waals surface area contributed by atoms with Crippen molar-refractivity contribution in [1.82, 2.24) is 0 Å². The molecule has 4 rings (SSSR count). The molecule has 0 atom stereocenters. The molecule has 0 bridgehead atoms. The van der Waals surface area contributed by atoms with Gasteiger partial charge in [0, 0.05) is 11.4 Å². The molecule has 9 nitrogen and oxygen atoms in total.